The Morgan fingerprint density at radius 2 is 2.10 bits per heavy atom. The number of carbonyl (C=O) groups is 2. The molecule has 7 heteroatoms. The van der Waals surface area contributed by atoms with Gasteiger partial charge in [-0.05, 0) is 19.1 Å². The van der Waals surface area contributed by atoms with Crippen molar-refractivity contribution in [1.82, 2.24) is 0 Å². The maximum atomic E-state index is 11.3. The van der Waals surface area contributed by atoms with Crippen LogP contribution in [0.4, 0.5) is 5.69 Å². The standard InChI is InChI=1S/C14H13NO6/c1-3-21-13(16)6-4-5-10-7-8-11(14(17)20-2)9-12(10)15(18)19/h7-9H,3,6H2,1-2H3. The number of methoxy groups -OCH3 is 1. The molecule has 0 spiro atoms. The van der Waals surface area contributed by atoms with Gasteiger partial charge in [-0.15, -0.1) is 0 Å². The summed E-state index contributed by atoms with van der Waals surface area (Å²) in [6.07, 6.45) is -0.163. The third-order valence-corrected chi connectivity index (χ3v) is 2.38. The van der Waals surface area contributed by atoms with Crippen LogP contribution in [-0.4, -0.2) is 30.6 Å². The van der Waals surface area contributed by atoms with Crippen molar-refractivity contribution in [2.24, 2.45) is 0 Å². The van der Waals surface area contributed by atoms with Crippen LogP contribution in [-0.2, 0) is 14.3 Å². The zero-order valence-electron chi connectivity index (χ0n) is 11.5. The van der Waals surface area contributed by atoms with Crippen molar-refractivity contribution >= 4 is 17.6 Å². The Labute approximate surface area is 121 Å². The van der Waals surface area contributed by atoms with Gasteiger partial charge < -0.3 is 9.47 Å². The average Bonchev–Trinajstić information content (AvgIpc) is 2.46. The molecule has 1 aromatic carbocycles. The van der Waals surface area contributed by atoms with Crippen LogP contribution in [0.5, 0.6) is 0 Å². The van der Waals surface area contributed by atoms with E-state index in [-0.39, 0.29) is 29.8 Å². The number of ether oxygens (including phenoxy) is 2. The number of hydrogen-bond donors (Lipinski definition) is 0. The van der Waals surface area contributed by atoms with E-state index in [1.54, 1.807) is 6.92 Å². The monoisotopic (exact) mass is 291 g/mol. The lowest BCUT2D eigenvalue weighted by Gasteiger charge is -2.00. The SMILES string of the molecule is CCOC(=O)CC#Cc1ccc(C(=O)OC)cc1[N+](=O)[O-]. The van der Waals surface area contributed by atoms with Crippen LogP contribution in [0.25, 0.3) is 0 Å². The third kappa shape index (κ3) is 4.62. The minimum absolute atomic E-state index is 0.0557. The summed E-state index contributed by atoms with van der Waals surface area (Å²) < 4.78 is 9.18. The van der Waals surface area contributed by atoms with Gasteiger partial charge in [0.05, 0.1) is 24.2 Å². The van der Waals surface area contributed by atoms with Gasteiger partial charge >= 0.3 is 11.9 Å². The number of nitro groups is 1. The maximum absolute atomic E-state index is 11.3. The lowest BCUT2D eigenvalue weighted by molar-refractivity contribution is -0.385. The summed E-state index contributed by atoms with van der Waals surface area (Å²) in [7, 11) is 1.18. The van der Waals surface area contributed by atoms with E-state index in [1.807, 2.05) is 0 Å². The quantitative estimate of drug-likeness (QED) is 0.362. The summed E-state index contributed by atoms with van der Waals surface area (Å²) >= 11 is 0. The molecule has 110 valence electrons. The molecule has 7 nitrogen and oxygen atoms in total. The number of benzene rings is 1. The molecular formula is C14H13NO6. The fourth-order valence-corrected chi connectivity index (χ4v) is 1.46. The maximum Gasteiger partial charge on any atom is 0.338 e. The first kappa shape index (κ1) is 16.2. The van der Waals surface area contributed by atoms with Crippen molar-refractivity contribution in [3.8, 4) is 11.8 Å². The van der Waals surface area contributed by atoms with E-state index in [9.17, 15) is 19.7 Å². The molecule has 0 N–H and O–H groups in total. The Kier molecular flexibility index (Phi) is 5.89. The second-order valence-corrected chi connectivity index (χ2v) is 3.76. The van der Waals surface area contributed by atoms with Crippen LogP contribution in [0, 0.1) is 22.0 Å². The number of esters is 2. The van der Waals surface area contributed by atoms with Crippen molar-refractivity contribution in [1.29, 1.82) is 0 Å². The van der Waals surface area contributed by atoms with Crippen molar-refractivity contribution in [3.63, 3.8) is 0 Å². The molecule has 0 amide bonds. The van der Waals surface area contributed by atoms with E-state index in [4.69, 9.17) is 0 Å². The molecular weight excluding hydrogens is 278 g/mol. The van der Waals surface area contributed by atoms with Gasteiger partial charge in [-0.3, -0.25) is 14.9 Å². The van der Waals surface area contributed by atoms with Gasteiger partial charge in [-0.2, -0.15) is 0 Å². The van der Waals surface area contributed by atoms with Crippen LogP contribution in [0.1, 0.15) is 29.3 Å². The fraction of sp³-hybridized carbons (Fsp3) is 0.286. The first-order valence-corrected chi connectivity index (χ1v) is 6.00. The highest BCUT2D eigenvalue weighted by atomic mass is 16.6. The van der Waals surface area contributed by atoms with E-state index in [0.29, 0.717) is 0 Å². The molecule has 0 aliphatic rings. The molecule has 0 aromatic heterocycles. The van der Waals surface area contributed by atoms with E-state index in [1.165, 1.54) is 19.2 Å². The first-order valence-electron chi connectivity index (χ1n) is 6.00. The Morgan fingerprint density at radius 1 is 1.38 bits per heavy atom. The number of rotatable bonds is 4. The molecule has 0 bridgehead atoms. The van der Waals surface area contributed by atoms with E-state index in [0.717, 1.165) is 6.07 Å². The topological polar surface area (TPSA) is 95.7 Å². The molecule has 0 atom stereocenters. The van der Waals surface area contributed by atoms with E-state index >= 15 is 0 Å². The number of hydrogen-bond acceptors (Lipinski definition) is 6. The second-order valence-electron chi connectivity index (χ2n) is 3.76. The van der Waals surface area contributed by atoms with Gasteiger partial charge in [0.15, 0.2) is 0 Å². The summed E-state index contributed by atoms with van der Waals surface area (Å²) in [5.41, 5.74) is -0.161. The predicted octanol–water partition coefficient (Wildman–Crippen LogP) is 1.69. The average molecular weight is 291 g/mol. The normalized spacial score (nSPS) is 9.24. The van der Waals surface area contributed by atoms with Gasteiger partial charge in [-0.25, -0.2) is 4.79 Å². The smallest absolute Gasteiger partial charge is 0.338 e. The molecule has 0 heterocycles. The molecule has 0 saturated heterocycles. The predicted molar refractivity (Wildman–Crippen MR) is 72.6 cm³/mol. The largest absolute Gasteiger partial charge is 0.465 e. The van der Waals surface area contributed by atoms with Crippen LogP contribution < -0.4 is 0 Å². The Bertz CT molecular complexity index is 626. The lowest BCUT2D eigenvalue weighted by Crippen LogP contribution is -2.03. The molecule has 0 aliphatic carbocycles. The highest BCUT2D eigenvalue weighted by molar-refractivity contribution is 5.90. The minimum Gasteiger partial charge on any atom is -0.465 e. The van der Waals surface area contributed by atoms with Gasteiger partial charge in [0.1, 0.15) is 12.0 Å². The van der Waals surface area contributed by atoms with E-state index < -0.39 is 16.9 Å². The van der Waals surface area contributed by atoms with Gasteiger partial charge in [0.25, 0.3) is 5.69 Å². The summed E-state index contributed by atoms with van der Waals surface area (Å²) in [5.74, 6) is 3.84. The molecule has 1 aromatic rings. The van der Waals surface area contributed by atoms with Crippen molar-refractivity contribution in [3.05, 3.63) is 39.4 Å². The lowest BCUT2D eigenvalue weighted by atomic mass is 10.1. The number of nitrogens with zero attached hydrogens (tertiary/aromatic N) is 1. The zero-order valence-corrected chi connectivity index (χ0v) is 11.5. The van der Waals surface area contributed by atoms with Gasteiger partial charge in [0.2, 0.25) is 0 Å². The summed E-state index contributed by atoms with van der Waals surface area (Å²) in [6, 6.07) is 3.79. The molecule has 0 fully saturated rings. The van der Waals surface area contributed by atoms with E-state index in [2.05, 4.69) is 21.3 Å². The molecule has 0 saturated carbocycles. The Balaban J connectivity index is 3.03. The summed E-state index contributed by atoms with van der Waals surface area (Å²) in [5, 5.41) is 11.0. The molecule has 0 radical (unpaired) electrons. The van der Waals surface area contributed by atoms with Crippen LogP contribution in [0.3, 0.4) is 0 Å². The third-order valence-electron chi connectivity index (χ3n) is 2.38. The molecule has 0 unspecified atom stereocenters. The first-order chi connectivity index (χ1) is 9.99. The van der Waals surface area contributed by atoms with Crippen molar-refractivity contribution in [2.75, 3.05) is 13.7 Å². The Hall–Kier alpha value is -2.88. The van der Waals surface area contributed by atoms with Gasteiger partial charge in [0, 0.05) is 6.07 Å². The van der Waals surface area contributed by atoms with Crippen LogP contribution >= 0.6 is 0 Å². The molecule has 21 heavy (non-hydrogen) atoms. The van der Waals surface area contributed by atoms with Gasteiger partial charge in [-0.1, -0.05) is 11.8 Å². The van der Waals surface area contributed by atoms with Crippen molar-refractivity contribution in [2.45, 2.75) is 13.3 Å². The van der Waals surface area contributed by atoms with Crippen molar-refractivity contribution < 1.29 is 24.0 Å². The summed E-state index contributed by atoms with van der Waals surface area (Å²) in [4.78, 5) is 32.8. The zero-order chi connectivity index (χ0) is 15.8. The highest BCUT2D eigenvalue weighted by Gasteiger charge is 2.16. The summed E-state index contributed by atoms with van der Waals surface area (Å²) in [6.45, 7) is 1.91. The molecule has 1 rings (SSSR count). The van der Waals surface area contributed by atoms with Crippen LogP contribution in [0.15, 0.2) is 18.2 Å². The highest BCUT2D eigenvalue weighted by Crippen LogP contribution is 2.20. The second kappa shape index (κ2) is 7.65. The molecule has 0 aliphatic heterocycles. The number of carbonyl (C=O) groups excluding carboxylic acids is 2. The van der Waals surface area contributed by atoms with Crippen LogP contribution in [0.2, 0.25) is 0 Å². The fourth-order valence-electron chi connectivity index (χ4n) is 1.46. The number of nitro benzene ring substituents is 1. The Morgan fingerprint density at radius 3 is 2.67 bits per heavy atom. The minimum atomic E-state index is -0.677.